The van der Waals surface area contributed by atoms with E-state index < -0.39 is 18.3 Å². The van der Waals surface area contributed by atoms with Crippen molar-refractivity contribution >= 4 is 17.7 Å². The van der Waals surface area contributed by atoms with Gasteiger partial charge >= 0.3 is 6.61 Å². The van der Waals surface area contributed by atoms with E-state index in [-0.39, 0.29) is 11.4 Å². The molecule has 0 saturated carbocycles. The largest absolute Gasteiger partial charge is 0.434 e. The maximum atomic E-state index is 14.2. The molecule has 3 rings (SSSR count). The lowest BCUT2D eigenvalue weighted by Crippen LogP contribution is -2.08. The van der Waals surface area contributed by atoms with Gasteiger partial charge in [0.2, 0.25) is 5.91 Å². The zero-order valence-electron chi connectivity index (χ0n) is 13.9. The van der Waals surface area contributed by atoms with E-state index in [0.717, 1.165) is 6.08 Å². The highest BCUT2D eigenvalue weighted by molar-refractivity contribution is 6.02. The second kappa shape index (κ2) is 8.22. The number of nitrogens with zero attached hydrogens (tertiary/aromatic N) is 2. The number of nitrogens with one attached hydrogen (secondary N) is 1. The summed E-state index contributed by atoms with van der Waals surface area (Å²) in [6.07, 6.45) is 7.06. The summed E-state index contributed by atoms with van der Waals surface area (Å²) >= 11 is 0. The van der Waals surface area contributed by atoms with Crippen molar-refractivity contribution in [2.24, 2.45) is 0 Å². The van der Waals surface area contributed by atoms with E-state index in [2.05, 4.69) is 15.0 Å². The zero-order chi connectivity index (χ0) is 19.2. The number of alkyl halides is 2. The number of ether oxygens (including phenoxy) is 1. The van der Waals surface area contributed by atoms with Crippen molar-refractivity contribution in [1.29, 1.82) is 0 Å². The van der Waals surface area contributed by atoms with Gasteiger partial charge in [-0.3, -0.25) is 4.79 Å². The van der Waals surface area contributed by atoms with Crippen LogP contribution in [0.3, 0.4) is 0 Å². The molecule has 8 heteroatoms. The van der Waals surface area contributed by atoms with Gasteiger partial charge in [-0.1, -0.05) is 18.2 Å². The lowest BCUT2D eigenvalue weighted by molar-refractivity contribution is -0.111. The van der Waals surface area contributed by atoms with Gasteiger partial charge in [-0.05, 0) is 30.3 Å². The number of hydrogen-bond donors (Lipinski definition) is 1. The van der Waals surface area contributed by atoms with Gasteiger partial charge < -0.3 is 14.6 Å². The van der Waals surface area contributed by atoms with E-state index in [9.17, 15) is 18.0 Å². The van der Waals surface area contributed by atoms with Crippen molar-refractivity contribution < 1.29 is 22.7 Å². The van der Waals surface area contributed by atoms with Crippen LogP contribution >= 0.6 is 0 Å². The van der Waals surface area contributed by atoms with Gasteiger partial charge in [0, 0.05) is 29.7 Å². The SMILES string of the molecule is O=C(/C=C/c1ccccc1OC(F)F)Nc1ccc(-n2ccnc2)c(F)c1. The second-order valence-electron chi connectivity index (χ2n) is 5.38. The Kier molecular flexibility index (Phi) is 5.55. The fourth-order valence-electron chi connectivity index (χ4n) is 2.37. The van der Waals surface area contributed by atoms with E-state index >= 15 is 0 Å². The molecule has 0 bridgehead atoms. The number of amides is 1. The molecular weight excluding hydrogens is 359 g/mol. The number of aromatic nitrogens is 2. The molecule has 138 valence electrons. The first-order valence-electron chi connectivity index (χ1n) is 7.84. The fourth-order valence-corrected chi connectivity index (χ4v) is 2.37. The minimum absolute atomic E-state index is 0.0488. The monoisotopic (exact) mass is 373 g/mol. The Morgan fingerprint density at radius 2 is 2.04 bits per heavy atom. The van der Waals surface area contributed by atoms with Gasteiger partial charge in [-0.25, -0.2) is 9.37 Å². The van der Waals surface area contributed by atoms with Crippen LogP contribution < -0.4 is 10.1 Å². The Labute approximate surface area is 152 Å². The highest BCUT2D eigenvalue weighted by Gasteiger charge is 2.09. The smallest absolute Gasteiger partial charge is 0.387 e. The van der Waals surface area contributed by atoms with Crippen molar-refractivity contribution in [3.05, 3.63) is 78.6 Å². The molecule has 27 heavy (non-hydrogen) atoms. The molecule has 0 unspecified atom stereocenters. The number of imidazole rings is 1. The van der Waals surface area contributed by atoms with Crippen LogP contribution in [0.15, 0.2) is 67.3 Å². The van der Waals surface area contributed by atoms with Gasteiger partial charge in [0.25, 0.3) is 0 Å². The van der Waals surface area contributed by atoms with Crippen molar-refractivity contribution in [2.45, 2.75) is 6.61 Å². The number of anilines is 1. The summed E-state index contributed by atoms with van der Waals surface area (Å²) in [6.45, 7) is -2.97. The number of carbonyl (C=O) groups excluding carboxylic acids is 1. The summed E-state index contributed by atoms with van der Waals surface area (Å²) < 4.78 is 44.9. The summed E-state index contributed by atoms with van der Waals surface area (Å²) in [5.74, 6) is -1.13. The molecule has 0 spiro atoms. The van der Waals surface area contributed by atoms with Crippen LogP contribution in [0.25, 0.3) is 11.8 Å². The summed E-state index contributed by atoms with van der Waals surface area (Å²) in [7, 11) is 0. The molecule has 0 saturated heterocycles. The average Bonchev–Trinajstić information content (AvgIpc) is 3.15. The minimum Gasteiger partial charge on any atom is -0.434 e. The number of benzene rings is 2. The van der Waals surface area contributed by atoms with Crippen molar-refractivity contribution in [2.75, 3.05) is 5.32 Å². The molecule has 2 aromatic carbocycles. The Morgan fingerprint density at radius 1 is 1.22 bits per heavy atom. The quantitative estimate of drug-likeness (QED) is 0.657. The Hall–Kier alpha value is -3.55. The highest BCUT2D eigenvalue weighted by Crippen LogP contribution is 2.22. The van der Waals surface area contributed by atoms with Crippen LogP contribution in [0.1, 0.15) is 5.56 Å². The number of para-hydroxylation sites is 1. The predicted molar refractivity (Wildman–Crippen MR) is 94.3 cm³/mol. The molecule has 0 atom stereocenters. The maximum absolute atomic E-state index is 14.2. The molecule has 0 fully saturated rings. The van der Waals surface area contributed by atoms with Crippen LogP contribution in [0.4, 0.5) is 18.9 Å². The molecule has 0 radical (unpaired) electrons. The van der Waals surface area contributed by atoms with Crippen LogP contribution in [0.5, 0.6) is 5.75 Å². The number of rotatable bonds is 6. The molecule has 3 aromatic rings. The minimum atomic E-state index is -2.97. The molecule has 1 N–H and O–H groups in total. The number of carbonyl (C=O) groups is 1. The van der Waals surface area contributed by atoms with E-state index in [4.69, 9.17) is 0 Å². The normalized spacial score (nSPS) is 11.1. The summed E-state index contributed by atoms with van der Waals surface area (Å²) in [5, 5.41) is 2.51. The van der Waals surface area contributed by atoms with Gasteiger partial charge in [0.05, 0.1) is 12.0 Å². The average molecular weight is 373 g/mol. The lowest BCUT2D eigenvalue weighted by Gasteiger charge is -2.08. The molecule has 0 aliphatic heterocycles. The molecular formula is C19H14F3N3O2. The first-order valence-corrected chi connectivity index (χ1v) is 7.84. The third kappa shape index (κ3) is 4.75. The van der Waals surface area contributed by atoms with E-state index in [1.54, 1.807) is 18.3 Å². The van der Waals surface area contributed by atoms with Gasteiger partial charge in [-0.15, -0.1) is 0 Å². The molecule has 0 aliphatic rings. The third-order valence-corrected chi connectivity index (χ3v) is 3.55. The first-order chi connectivity index (χ1) is 13.0. The Bertz CT molecular complexity index is 957. The van der Waals surface area contributed by atoms with Crippen molar-refractivity contribution in [3.8, 4) is 11.4 Å². The summed E-state index contributed by atoms with van der Waals surface area (Å²) in [6, 6.07) is 10.3. The molecule has 1 amide bonds. The number of hydrogen-bond acceptors (Lipinski definition) is 3. The second-order valence-corrected chi connectivity index (χ2v) is 5.38. The van der Waals surface area contributed by atoms with Gasteiger partial charge in [-0.2, -0.15) is 8.78 Å². The van der Waals surface area contributed by atoms with Crippen molar-refractivity contribution in [1.82, 2.24) is 9.55 Å². The summed E-state index contributed by atoms with van der Waals surface area (Å²) in [4.78, 5) is 15.9. The predicted octanol–water partition coefficient (Wildman–Crippen LogP) is 4.26. The Balaban J connectivity index is 1.69. The molecule has 5 nitrogen and oxygen atoms in total. The highest BCUT2D eigenvalue weighted by atomic mass is 19.3. The van der Waals surface area contributed by atoms with Crippen LogP contribution in [-0.2, 0) is 4.79 Å². The topological polar surface area (TPSA) is 56.1 Å². The van der Waals surface area contributed by atoms with Crippen LogP contribution in [-0.4, -0.2) is 22.1 Å². The fraction of sp³-hybridized carbons (Fsp3) is 0.0526. The molecule has 0 aliphatic carbocycles. The molecule has 1 aromatic heterocycles. The Morgan fingerprint density at radius 3 is 2.74 bits per heavy atom. The third-order valence-electron chi connectivity index (χ3n) is 3.55. The maximum Gasteiger partial charge on any atom is 0.387 e. The van der Waals surface area contributed by atoms with E-state index in [0.29, 0.717) is 11.3 Å². The van der Waals surface area contributed by atoms with Gasteiger partial charge in [0.15, 0.2) is 0 Å². The lowest BCUT2D eigenvalue weighted by atomic mass is 10.2. The van der Waals surface area contributed by atoms with Crippen LogP contribution in [0, 0.1) is 5.82 Å². The first kappa shape index (κ1) is 18.2. The number of halogens is 3. The van der Waals surface area contributed by atoms with Crippen molar-refractivity contribution in [3.63, 3.8) is 0 Å². The standard InChI is InChI=1S/C19H14F3N3O2/c20-15-11-14(6-7-16(15)25-10-9-23-12-25)24-18(26)8-5-13-3-1-2-4-17(13)27-19(21)22/h1-12,19H,(H,24,26)/b8-5+. The zero-order valence-corrected chi connectivity index (χ0v) is 13.9. The summed E-state index contributed by atoms with van der Waals surface area (Å²) in [5.41, 5.74) is 0.858. The van der Waals surface area contributed by atoms with Crippen LogP contribution in [0.2, 0.25) is 0 Å². The van der Waals surface area contributed by atoms with E-state index in [1.165, 1.54) is 53.5 Å². The van der Waals surface area contributed by atoms with Gasteiger partial charge in [0.1, 0.15) is 11.6 Å². The van der Waals surface area contributed by atoms with E-state index in [1.807, 2.05) is 0 Å². The molecule has 1 heterocycles.